The third-order valence-corrected chi connectivity index (χ3v) is 5.63. The molecule has 2 saturated heterocycles. The molecule has 8 nitrogen and oxygen atoms in total. The molecule has 0 radical (unpaired) electrons. The Labute approximate surface area is 164 Å². The molecule has 0 spiro atoms. The number of nitrogens with zero attached hydrogens (tertiary/aromatic N) is 3. The minimum Gasteiger partial charge on any atom is -0.449 e. The molecular weight excluding hydrogens is 388 g/mol. The van der Waals surface area contributed by atoms with E-state index in [1.165, 1.54) is 4.57 Å². The van der Waals surface area contributed by atoms with Gasteiger partial charge in [0.05, 0.1) is 35.9 Å². The molecule has 0 bridgehead atoms. The van der Waals surface area contributed by atoms with Crippen LogP contribution in [0.1, 0.15) is 6.92 Å². The molecule has 2 atom stereocenters. The number of carboxylic acid groups (broad SMARTS) is 1. The summed E-state index contributed by atoms with van der Waals surface area (Å²) < 4.78 is 42.1. The Kier molecular flexibility index (Phi) is 4.91. The zero-order valence-corrected chi connectivity index (χ0v) is 16.0. The van der Waals surface area contributed by atoms with E-state index in [0.717, 1.165) is 18.8 Å². The summed E-state index contributed by atoms with van der Waals surface area (Å²) in [6.45, 7) is 3.98. The van der Waals surface area contributed by atoms with Crippen LogP contribution in [0.25, 0.3) is 10.9 Å². The van der Waals surface area contributed by atoms with Crippen molar-refractivity contribution in [3.05, 3.63) is 34.1 Å². The van der Waals surface area contributed by atoms with Crippen LogP contribution in [0.3, 0.4) is 0 Å². The average Bonchev–Trinajstić information content (AvgIpc) is 3.09. The van der Waals surface area contributed by atoms with E-state index in [-0.39, 0.29) is 35.3 Å². The number of carbonyl (C=O) groups is 1. The number of aromatic nitrogens is 1. The molecule has 2 unspecified atom stereocenters. The Bertz CT molecular complexity index is 1040. The van der Waals surface area contributed by atoms with Crippen LogP contribution < -0.4 is 15.1 Å². The van der Waals surface area contributed by atoms with E-state index in [0.29, 0.717) is 19.7 Å². The first kappa shape index (κ1) is 19.6. The highest BCUT2D eigenvalue weighted by atomic mass is 19.1. The Balaban J connectivity index is 1.85. The Morgan fingerprint density at radius 2 is 2.14 bits per heavy atom. The lowest BCUT2D eigenvalue weighted by Gasteiger charge is -2.33. The van der Waals surface area contributed by atoms with E-state index in [1.807, 2.05) is 7.05 Å². The van der Waals surface area contributed by atoms with Gasteiger partial charge in [0.15, 0.2) is 11.6 Å². The number of benzene rings is 1. The summed E-state index contributed by atoms with van der Waals surface area (Å²) in [5.41, 5.74) is -1.18. The third-order valence-electron chi connectivity index (χ3n) is 5.63. The smallest absolute Gasteiger partial charge is 0.449 e. The number of hydrogen-bond donors (Lipinski definition) is 1. The van der Waals surface area contributed by atoms with Gasteiger partial charge in [-0.2, -0.15) is 0 Å². The minimum atomic E-state index is -1.68. The van der Waals surface area contributed by atoms with Gasteiger partial charge in [-0.3, -0.25) is 9.69 Å². The highest BCUT2D eigenvalue weighted by molar-refractivity contribution is 5.85. The molecule has 3 heterocycles. The van der Waals surface area contributed by atoms with Crippen LogP contribution >= 0.6 is 0 Å². The molecule has 0 aliphatic carbocycles. The number of aryl methyl sites for hydroxylation is 1. The number of ether oxygens (including phenoxy) is 2. The zero-order chi connectivity index (χ0) is 20.9. The first-order valence-electron chi connectivity index (χ1n) is 9.34. The molecule has 2 aliphatic heterocycles. The van der Waals surface area contributed by atoms with E-state index in [2.05, 4.69) is 9.64 Å². The van der Waals surface area contributed by atoms with E-state index in [4.69, 9.17) is 9.84 Å². The molecule has 2 aromatic rings. The van der Waals surface area contributed by atoms with Gasteiger partial charge < -0.3 is 24.0 Å². The van der Waals surface area contributed by atoms with E-state index in [1.54, 1.807) is 11.8 Å². The van der Waals surface area contributed by atoms with E-state index in [9.17, 15) is 14.0 Å². The molecule has 1 aromatic heterocycles. The first-order chi connectivity index (χ1) is 13.8. The molecular formula is C19H21F2N3O5. The van der Waals surface area contributed by atoms with Crippen molar-refractivity contribution in [2.24, 2.45) is 0 Å². The number of halogens is 2. The van der Waals surface area contributed by atoms with Gasteiger partial charge in [-0.25, -0.2) is 13.6 Å². The van der Waals surface area contributed by atoms with E-state index < -0.39 is 29.0 Å². The number of anilines is 1. The summed E-state index contributed by atoms with van der Waals surface area (Å²) in [6.07, 6.45) is -0.696. The maximum atomic E-state index is 15.5. The van der Waals surface area contributed by atoms with Crippen LogP contribution in [0, 0.1) is 11.6 Å². The number of hydrogen-bond acceptors (Lipinski definition) is 6. The van der Waals surface area contributed by atoms with Crippen molar-refractivity contribution in [1.29, 1.82) is 0 Å². The number of likely N-dealkylation sites (N-methyl/N-ethyl adjacent to an activating group) is 1. The van der Waals surface area contributed by atoms with Gasteiger partial charge in [-0.15, -0.1) is 0 Å². The van der Waals surface area contributed by atoms with Gasteiger partial charge in [0, 0.05) is 26.2 Å². The Hall–Kier alpha value is -2.72. The molecule has 0 saturated carbocycles. The number of morpholine rings is 1. The highest BCUT2D eigenvalue weighted by Crippen LogP contribution is 2.34. The fourth-order valence-electron chi connectivity index (χ4n) is 4.20. The van der Waals surface area contributed by atoms with Crippen molar-refractivity contribution in [2.75, 3.05) is 38.2 Å². The van der Waals surface area contributed by atoms with Gasteiger partial charge in [0.25, 0.3) is 0 Å². The molecule has 4 rings (SSSR count). The lowest BCUT2D eigenvalue weighted by Crippen LogP contribution is -2.48. The predicted octanol–water partition coefficient (Wildman–Crippen LogP) is 1.88. The summed E-state index contributed by atoms with van der Waals surface area (Å²) in [5.74, 6) is -2.24. The zero-order valence-electron chi connectivity index (χ0n) is 16.0. The van der Waals surface area contributed by atoms with Crippen molar-refractivity contribution >= 4 is 22.7 Å². The molecule has 156 valence electrons. The van der Waals surface area contributed by atoms with Crippen LogP contribution in [-0.4, -0.2) is 66.2 Å². The second kappa shape index (κ2) is 7.27. The molecule has 0 amide bonds. The van der Waals surface area contributed by atoms with E-state index >= 15 is 4.39 Å². The maximum Gasteiger partial charge on any atom is 0.511 e. The van der Waals surface area contributed by atoms with Crippen LogP contribution in [0.5, 0.6) is 5.75 Å². The van der Waals surface area contributed by atoms with Crippen molar-refractivity contribution in [2.45, 2.75) is 25.6 Å². The normalized spacial score (nSPS) is 22.1. The Morgan fingerprint density at radius 3 is 2.79 bits per heavy atom. The quantitative estimate of drug-likeness (QED) is 0.775. The summed E-state index contributed by atoms with van der Waals surface area (Å²) in [5, 5.41) is 8.54. The molecule has 2 aliphatic rings. The van der Waals surface area contributed by atoms with Gasteiger partial charge >= 0.3 is 6.16 Å². The standard InChI is InChI=1S/C19H21F2N3O5/c1-3-23-9-14(29-19(26)27)18(25)10-6-11(20)17(15(21)16(10)23)24-7-12-13(8-24)28-5-4-22(12)2/h6,9,12-13H,3-5,7-8H2,1-2H3,(H,26,27). The third kappa shape index (κ3) is 3.22. The highest BCUT2D eigenvalue weighted by Gasteiger charge is 2.40. The van der Waals surface area contributed by atoms with Crippen LogP contribution in [0.2, 0.25) is 0 Å². The summed E-state index contributed by atoms with van der Waals surface area (Å²) in [7, 11) is 1.95. The SMILES string of the molecule is CCn1cc(OC(=O)O)c(=O)c2cc(F)c(N3CC4OCCN(C)C4C3)c(F)c21. The van der Waals surface area contributed by atoms with Crippen LogP contribution in [-0.2, 0) is 11.3 Å². The molecule has 1 aromatic carbocycles. The second-order valence-corrected chi connectivity index (χ2v) is 7.26. The number of pyridine rings is 1. The van der Waals surface area contributed by atoms with Gasteiger partial charge in [-0.1, -0.05) is 0 Å². The minimum absolute atomic E-state index is 0.0259. The summed E-state index contributed by atoms with van der Waals surface area (Å²) in [4.78, 5) is 27.1. The molecule has 1 N–H and O–H groups in total. The predicted molar refractivity (Wildman–Crippen MR) is 101 cm³/mol. The fourth-order valence-corrected chi connectivity index (χ4v) is 4.20. The fraction of sp³-hybridized carbons (Fsp3) is 0.474. The van der Waals surface area contributed by atoms with Gasteiger partial charge in [-0.05, 0) is 20.0 Å². The molecule has 29 heavy (non-hydrogen) atoms. The van der Waals surface area contributed by atoms with Crippen molar-refractivity contribution in [3.8, 4) is 5.75 Å². The largest absolute Gasteiger partial charge is 0.511 e. The van der Waals surface area contributed by atoms with Gasteiger partial charge in [0.2, 0.25) is 5.43 Å². The van der Waals surface area contributed by atoms with Crippen molar-refractivity contribution in [1.82, 2.24) is 9.47 Å². The lowest BCUT2D eigenvalue weighted by atomic mass is 10.1. The number of rotatable bonds is 3. The van der Waals surface area contributed by atoms with Crippen LogP contribution in [0.15, 0.2) is 17.1 Å². The first-order valence-corrected chi connectivity index (χ1v) is 9.34. The van der Waals surface area contributed by atoms with Crippen molar-refractivity contribution < 1.29 is 28.2 Å². The van der Waals surface area contributed by atoms with Gasteiger partial charge in [0.1, 0.15) is 11.5 Å². The maximum absolute atomic E-state index is 15.5. The summed E-state index contributed by atoms with van der Waals surface area (Å²) in [6, 6.07) is 0.974. The Morgan fingerprint density at radius 1 is 1.38 bits per heavy atom. The average molecular weight is 409 g/mol. The molecule has 10 heteroatoms. The lowest BCUT2D eigenvalue weighted by molar-refractivity contribution is -0.0362. The molecule has 2 fully saturated rings. The summed E-state index contributed by atoms with van der Waals surface area (Å²) >= 11 is 0. The number of fused-ring (bicyclic) bond motifs is 2. The van der Waals surface area contributed by atoms with Crippen LogP contribution in [0.4, 0.5) is 19.3 Å². The topological polar surface area (TPSA) is 84.2 Å². The monoisotopic (exact) mass is 409 g/mol. The van der Waals surface area contributed by atoms with Crippen molar-refractivity contribution in [3.63, 3.8) is 0 Å². The second-order valence-electron chi connectivity index (χ2n) is 7.26.